The van der Waals surface area contributed by atoms with Gasteiger partial charge in [-0.1, -0.05) is 6.92 Å². The summed E-state index contributed by atoms with van der Waals surface area (Å²) in [7, 11) is 0. The number of aromatic nitrogens is 3. The number of hydrogen-bond donors (Lipinski definition) is 2. The van der Waals surface area contributed by atoms with E-state index < -0.39 is 0 Å². The molecule has 2 N–H and O–H groups in total. The number of benzene rings is 2. The zero-order valence-corrected chi connectivity index (χ0v) is 21.0. The van der Waals surface area contributed by atoms with Crippen LogP contribution in [0.2, 0.25) is 0 Å². The van der Waals surface area contributed by atoms with Crippen LogP contribution in [0.4, 0.5) is 4.39 Å². The number of amides is 1. The van der Waals surface area contributed by atoms with Crippen molar-refractivity contribution in [2.75, 3.05) is 0 Å². The average molecular weight is 485 g/mol. The van der Waals surface area contributed by atoms with Gasteiger partial charge in [0.2, 0.25) is 0 Å². The van der Waals surface area contributed by atoms with Crippen molar-refractivity contribution in [2.24, 2.45) is 5.92 Å². The number of nitrogens with one attached hydrogen (secondary N) is 2. The molecule has 0 aliphatic heterocycles. The van der Waals surface area contributed by atoms with E-state index in [1.807, 2.05) is 25.3 Å². The second-order valence-corrected chi connectivity index (χ2v) is 10.9. The van der Waals surface area contributed by atoms with Gasteiger partial charge < -0.3 is 10.3 Å². The summed E-state index contributed by atoms with van der Waals surface area (Å²) in [6, 6.07) is 11.2. The number of carbonyl (C=O) groups excluding carboxylic acids is 1. The Hall–Kier alpha value is -3.28. The SMILES string of the molecule is Cc1cc(C(=O)NC2CCC2)cc2nc([C@@H](C)[C@H]3CC[C@@H](c4ccnc5ccc(F)cc54)CC3)[nH]c12. The zero-order valence-electron chi connectivity index (χ0n) is 21.0. The van der Waals surface area contributed by atoms with E-state index in [2.05, 4.69) is 28.3 Å². The van der Waals surface area contributed by atoms with Crippen LogP contribution in [0.15, 0.2) is 42.6 Å². The maximum atomic E-state index is 13.9. The van der Waals surface area contributed by atoms with Gasteiger partial charge in [0.05, 0.1) is 16.6 Å². The molecule has 6 heteroatoms. The highest BCUT2D eigenvalue weighted by molar-refractivity contribution is 5.98. The van der Waals surface area contributed by atoms with E-state index >= 15 is 0 Å². The number of fused-ring (bicyclic) bond motifs is 2. The summed E-state index contributed by atoms with van der Waals surface area (Å²) in [6.07, 6.45) is 9.57. The van der Waals surface area contributed by atoms with Crippen molar-refractivity contribution in [2.45, 2.75) is 76.7 Å². The monoisotopic (exact) mass is 484 g/mol. The number of H-pyrrole nitrogens is 1. The molecular formula is C30H33FN4O. The van der Waals surface area contributed by atoms with Crippen molar-refractivity contribution in [1.82, 2.24) is 20.3 Å². The number of halogens is 1. The van der Waals surface area contributed by atoms with Crippen molar-refractivity contribution in [3.05, 3.63) is 70.9 Å². The van der Waals surface area contributed by atoms with Gasteiger partial charge in [-0.15, -0.1) is 0 Å². The van der Waals surface area contributed by atoms with Crippen LogP contribution in [0.5, 0.6) is 0 Å². The van der Waals surface area contributed by atoms with Crippen LogP contribution in [0.1, 0.15) is 91.0 Å². The summed E-state index contributed by atoms with van der Waals surface area (Å²) in [5, 5.41) is 4.08. The number of aromatic amines is 1. The van der Waals surface area contributed by atoms with Gasteiger partial charge in [-0.25, -0.2) is 9.37 Å². The van der Waals surface area contributed by atoms with Crippen LogP contribution in [-0.2, 0) is 0 Å². The molecular weight excluding hydrogens is 451 g/mol. The molecule has 0 unspecified atom stereocenters. The summed E-state index contributed by atoms with van der Waals surface area (Å²) in [5.41, 5.74) is 5.72. The highest BCUT2D eigenvalue weighted by Crippen LogP contribution is 2.43. The minimum Gasteiger partial charge on any atom is -0.349 e. The number of nitrogens with zero attached hydrogens (tertiary/aromatic N) is 2. The van der Waals surface area contributed by atoms with E-state index in [-0.39, 0.29) is 11.7 Å². The Morgan fingerprint density at radius 2 is 1.86 bits per heavy atom. The molecule has 2 aromatic heterocycles. The van der Waals surface area contributed by atoms with Gasteiger partial charge >= 0.3 is 0 Å². The van der Waals surface area contributed by atoms with E-state index in [9.17, 15) is 9.18 Å². The molecule has 1 atom stereocenters. The first kappa shape index (κ1) is 23.1. The molecule has 6 rings (SSSR count). The highest BCUT2D eigenvalue weighted by atomic mass is 19.1. The minimum absolute atomic E-state index is 0.00383. The van der Waals surface area contributed by atoms with Crippen molar-refractivity contribution < 1.29 is 9.18 Å². The predicted molar refractivity (Wildman–Crippen MR) is 141 cm³/mol. The van der Waals surface area contributed by atoms with Crippen molar-refractivity contribution in [3.63, 3.8) is 0 Å². The Morgan fingerprint density at radius 3 is 2.61 bits per heavy atom. The summed E-state index contributed by atoms with van der Waals surface area (Å²) in [5.74, 6) is 2.07. The van der Waals surface area contributed by atoms with Gasteiger partial charge in [0, 0.05) is 29.1 Å². The molecule has 2 aromatic carbocycles. The molecule has 2 heterocycles. The van der Waals surface area contributed by atoms with Crippen LogP contribution in [-0.4, -0.2) is 26.9 Å². The lowest BCUT2D eigenvalue weighted by atomic mass is 9.73. The molecule has 4 aromatic rings. The predicted octanol–water partition coefficient (Wildman–Crippen LogP) is 6.92. The molecule has 2 saturated carbocycles. The second kappa shape index (κ2) is 9.30. The summed E-state index contributed by atoms with van der Waals surface area (Å²) < 4.78 is 13.9. The van der Waals surface area contributed by atoms with Crippen LogP contribution in [0.3, 0.4) is 0 Å². The number of carbonyl (C=O) groups is 1. The molecule has 0 saturated heterocycles. The first-order chi connectivity index (χ1) is 17.5. The molecule has 1 amide bonds. The second-order valence-electron chi connectivity index (χ2n) is 10.9. The van der Waals surface area contributed by atoms with E-state index in [4.69, 9.17) is 4.98 Å². The van der Waals surface area contributed by atoms with Gasteiger partial charge in [-0.2, -0.15) is 0 Å². The van der Waals surface area contributed by atoms with Crippen LogP contribution in [0, 0.1) is 18.7 Å². The third-order valence-corrected chi connectivity index (χ3v) is 8.60. The molecule has 186 valence electrons. The Morgan fingerprint density at radius 1 is 1.06 bits per heavy atom. The fourth-order valence-electron chi connectivity index (χ4n) is 6.12. The fourth-order valence-corrected chi connectivity index (χ4v) is 6.12. The lowest BCUT2D eigenvalue weighted by Crippen LogP contribution is -2.39. The molecule has 5 nitrogen and oxygen atoms in total. The van der Waals surface area contributed by atoms with Crippen molar-refractivity contribution in [3.8, 4) is 0 Å². The maximum absolute atomic E-state index is 13.9. The maximum Gasteiger partial charge on any atom is 0.251 e. The van der Waals surface area contributed by atoms with E-state index in [0.29, 0.717) is 29.4 Å². The lowest BCUT2D eigenvalue weighted by Gasteiger charge is -2.32. The Bertz CT molecular complexity index is 1430. The normalized spacial score (nSPS) is 21.4. The highest BCUT2D eigenvalue weighted by Gasteiger charge is 2.29. The third-order valence-electron chi connectivity index (χ3n) is 8.60. The molecule has 2 fully saturated rings. The van der Waals surface area contributed by atoms with Gasteiger partial charge in [0.25, 0.3) is 5.91 Å². The van der Waals surface area contributed by atoms with Crippen molar-refractivity contribution in [1.29, 1.82) is 0 Å². The molecule has 0 radical (unpaired) electrons. The lowest BCUT2D eigenvalue weighted by molar-refractivity contribution is 0.0917. The Balaban J connectivity index is 1.17. The smallest absolute Gasteiger partial charge is 0.251 e. The first-order valence-electron chi connectivity index (χ1n) is 13.3. The average Bonchev–Trinajstić information content (AvgIpc) is 3.30. The summed E-state index contributed by atoms with van der Waals surface area (Å²) >= 11 is 0. The summed E-state index contributed by atoms with van der Waals surface area (Å²) in [6.45, 7) is 4.31. The minimum atomic E-state index is -0.206. The number of pyridine rings is 1. The Labute approximate surface area is 210 Å². The third kappa shape index (κ3) is 4.27. The molecule has 2 aliphatic carbocycles. The standard InChI is InChI=1S/C30H33FN4O/c1-17-14-21(30(36)33-23-4-3-5-23)15-27-28(17)35-29(34-27)18(2)19-6-8-20(9-7-19)24-12-13-32-26-11-10-22(31)16-25(24)26/h10-16,18-20,23H,3-9H2,1-2H3,(H,33,36)(H,34,35)/t18-,19-,20+/m0/s1. The largest absolute Gasteiger partial charge is 0.349 e. The van der Waals surface area contributed by atoms with Gasteiger partial charge in [-0.3, -0.25) is 9.78 Å². The summed E-state index contributed by atoms with van der Waals surface area (Å²) in [4.78, 5) is 25.6. The van der Waals surface area contributed by atoms with E-state index in [1.165, 1.54) is 18.1 Å². The van der Waals surface area contributed by atoms with Crippen LogP contribution < -0.4 is 5.32 Å². The van der Waals surface area contributed by atoms with Crippen LogP contribution >= 0.6 is 0 Å². The number of hydrogen-bond acceptors (Lipinski definition) is 3. The molecule has 0 bridgehead atoms. The van der Waals surface area contributed by atoms with E-state index in [1.54, 1.807) is 12.1 Å². The fraction of sp³-hybridized carbons (Fsp3) is 0.433. The number of rotatable bonds is 5. The van der Waals surface area contributed by atoms with E-state index in [0.717, 1.165) is 71.8 Å². The van der Waals surface area contributed by atoms with Crippen molar-refractivity contribution >= 4 is 27.8 Å². The van der Waals surface area contributed by atoms with Gasteiger partial charge in [0.1, 0.15) is 11.6 Å². The first-order valence-corrected chi connectivity index (χ1v) is 13.3. The Kier molecular flexibility index (Phi) is 5.98. The number of imidazole rings is 1. The zero-order chi connectivity index (χ0) is 24.8. The molecule has 36 heavy (non-hydrogen) atoms. The molecule has 0 spiro atoms. The number of aryl methyl sites for hydroxylation is 1. The van der Waals surface area contributed by atoms with Gasteiger partial charge in [0.15, 0.2) is 0 Å². The van der Waals surface area contributed by atoms with Crippen LogP contribution in [0.25, 0.3) is 21.9 Å². The van der Waals surface area contributed by atoms with Gasteiger partial charge in [-0.05, 0) is 111 Å². The topological polar surface area (TPSA) is 70.7 Å². The quantitative estimate of drug-likeness (QED) is 0.323. The molecule has 2 aliphatic rings.